The molecule has 104 valence electrons. The van der Waals surface area contributed by atoms with Gasteiger partial charge in [-0.15, -0.1) is 11.3 Å². The predicted octanol–water partition coefficient (Wildman–Crippen LogP) is 1.66. The number of nitrogens with two attached hydrogens (primary N) is 2. The van der Waals surface area contributed by atoms with E-state index >= 15 is 0 Å². The number of anilines is 2. The molecule has 1 heterocycles. The van der Waals surface area contributed by atoms with Crippen molar-refractivity contribution in [2.24, 2.45) is 5.73 Å². The number of nitrogen functional groups attached to an aromatic ring is 1. The summed E-state index contributed by atoms with van der Waals surface area (Å²) in [4.78, 5) is 26.8. The van der Waals surface area contributed by atoms with Gasteiger partial charge in [0.05, 0.1) is 22.7 Å². The first-order chi connectivity index (χ1) is 9.45. The summed E-state index contributed by atoms with van der Waals surface area (Å²) < 4.78 is 0. The molecule has 0 saturated carbocycles. The van der Waals surface area contributed by atoms with Crippen molar-refractivity contribution in [3.8, 4) is 0 Å². The number of halogens is 1. The van der Waals surface area contributed by atoms with E-state index in [1.54, 1.807) is 11.4 Å². The zero-order chi connectivity index (χ0) is 14.7. The molecule has 0 fully saturated rings. The monoisotopic (exact) mass is 310 g/mol. The maximum Gasteiger partial charge on any atom is 0.250 e. The van der Waals surface area contributed by atoms with Gasteiger partial charge in [-0.05, 0) is 18.2 Å². The second kappa shape index (κ2) is 5.89. The van der Waals surface area contributed by atoms with Crippen molar-refractivity contribution < 1.29 is 9.59 Å². The summed E-state index contributed by atoms with van der Waals surface area (Å²) >= 11 is 7.17. The summed E-state index contributed by atoms with van der Waals surface area (Å²) in [5.74, 6) is -0.871. The van der Waals surface area contributed by atoms with Crippen molar-refractivity contribution >= 4 is 45.6 Å². The number of hydrogen-bond acceptors (Lipinski definition) is 5. The summed E-state index contributed by atoms with van der Waals surface area (Å²) in [7, 11) is 0. The van der Waals surface area contributed by atoms with Crippen molar-refractivity contribution in [2.45, 2.75) is 6.42 Å². The van der Waals surface area contributed by atoms with E-state index in [2.05, 4.69) is 10.3 Å². The highest BCUT2D eigenvalue weighted by molar-refractivity contribution is 7.13. The molecule has 0 aliphatic carbocycles. The Morgan fingerprint density at radius 1 is 1.40 bits per heavy atom. The molecule has 2 aromatic rings. The van der Waals surface area contributed by atoms with Gasteiger partial charge < -0.3 is 16.8 Å². The number of primary amides is 1. The van der Waals surface area contributed by atoms with E-state index in [9.17, 15) is 9.59 Å². The van der Waals surface area contributed by atoms with Gasteiger partial charge in [-0.3, -0.25) is 9.59 Å². The number of aromatic nitrogens is 1. The Bertz CT molecular complexity index is 671. The largest absolute Gasteiger partial charge is 0.375 e. The molecule has 2 amide bonds. The fourth-order valence-electron chi connectivity index (χ4n) is 1.57. The standard InChI is InChI=1S/C12H11ClN4O2S/c13-9-3-6(1-2-8(9)11(14)19)16-10(18)4-7-5-20-12(15)17-7/h1-3,5H,4H2,(H2,14,19)(H2,15,17)(H,16,18). The number of carbonyl (C=O) groups is 2. The second-order valence-electron chi connectivity index (χ2n) is 3.96. The number of nitrogens with one attached hydrogen (secondary N) is 1. The van der Waals surface area contributed by atoms with Gasteiger partial charge in [0.25, 0.3) is 0 Å². The van der Waals surface area contributed by atoms with E-state index in [-0.39, 0.29) is 22.9 Å². The Morgan fingerprint density at radius 2 is 2.15 bits per heavy atom. The summed E-state index contributed by atoms with van der Waals surface area (Å²) in [5, 5.41) is 4.98. The third kappa shape index (κ3) is 3.46. The summed E-state index contributed by atoms with van der Waals surface area (Å²) in [6.45, 7) is 0. The molecular formula is C12H11ClN4O2S. The van der Waals surface area contributed by atoms with E-state index < -0.39 is 5.91 Å². The zero-order valence-electron chi connectivity index (χ0n) is 10.2. The molecule has 6 nitrogen and oxygen atoms in total. The van der Waals surface area contributed by atoms with Crippen LogP contribution in [0.1, 0.15) is 16.1 Å². The molecule has 0 bridgehead atoms. The average molecular weight is 311 g/mol. The summed E-state index contributed by atoms with van der Waals surface area (Å²) in [6.07, 6.45) is 0.114. The minimum absolute atomic E-state index is 0.114. The maximum atomic E-state index is 11.8. The highest BCUT2D eigenvalue weighted by atomic mass is 35.5. The number of hydrogen-bond donors (Lipinski definition) is 3. The van der Waals surface area contributed by atoms with Crippen LogP contribution in [0.15, 0.2) is 23.6 Å². The minimum Gasteiger partial charge on any atom is -0.375 e. The number of carbonyl (C=O) groups excluding carboxylic acids is 2. The van der Waals surface area contributed by atoms with Crippen LogP contribution in [-0.2, 0) is 11.2 Å². The van der Waals surface area contributed by atoms with Crippen molar-refractivity contribution in [3.05, 3.63) is 39.9 Å². The fraction of sp³-hybridized carbons (Fsp3) is 0.0833. The molecule has 0 aliphatic rings. The van der Waals surface area contributed by atoms with E-state index in [0.29, 0.717) is 16.5 Å². The molecule has 8 heteroatoms. The number of thiazole rings is 1. The number of nitrogens with zero attached hydrogens (tertiary/aromatic N) is 1. The number of rotatable bonds is 4. The first-order valence-corrected chi connectivity index (χ1v) is 6.80. The fourth-order valence-corrected chi connectivity index (χ4v) is 2.40. The van der Waals surface area contributed by atoms with Crippen LogP contribution in [0.25, 0.3) is 0 Å². The van der Waals surface area contributed by atoms with Gasteiger partial charge >= 0.3 is 0 Å². The predicted molar refractivity (Wildman–Crippen MR) is 78.8 cm³/mol. The number of amides is 2. The molecule has 0 spiro atoms. The molecule has 5 N–H and O–H groups in total. The molecule has 20 heavy (non-hydrogen) atoms. The van der Waals surface area contributed by atoms with Gasteiger partial charge in [-0.1, -0.05) is 11.6 Å². The highest BCUT2D eigenvalue weighted by Gasteiger charge is 2.10. The van der Waals surface area contributed by atoms with Gasteiger partial charge in [0, 0.05) is 11.1 Å². The van der Waals surface area contributed by atoms with E-state index in [1.165, 1.54) is 23.5 Å². The van der Waals surface area contributed by atoms with Crippen LogP contribution < -0.4 is 16.8 Å². The van der Waals surface area contributed by atoms with Crippen LogP contribution in [0.5, 0.6) is 0 Å². The van der Waals surface area contributed by atoms with Gasteiger partial charge in [0.2, 0.25) is 11.8 Å². The van der Waals surface area contributed by atoms with Crippen molar-refractivity contribution in [2.75, 3.05) is 11.1 Å². The van der Waals surface area contributed by atoms with Gasteiger partial charge in [0.15, 0.2) is 5.13 Å². The van der Waals surface area contributed by atoms with Crippen LogP contribution >= 0.6 is 22.9 Å². The third-order valence-electron chi connectivity index (χ3n) is 2.43. The lowest BCUT2D eigenvalue weighted by molar-refractivity contribution is -0.115. The van der Waals surface area contributed by atoms with E-state index in [1.807, 2.05) is 0 Å². The minimum atomic E-state index is -0.620. The second-order valence-corrected chi connectivity index (χ2v) is 5.26. The van der Waals surface area contributed by atoms with Crippen molar-refractivity contribution in [1.82, 2.24) is 4.98 Å². The van der Waals surface area contributed by atoms with Crippen molar-refractivity contribution in [3.63, 3.8) is 0 Å². The molecule has 0 saturated heterocycles. The van der Waals surface area contributed by atoms with Gasteiger partial charge in [-0.2, -0.15) is 0 Å². The lowest BCUT2D eigenvalue weighted by atomic mass is 10.2. The Balaban J connectivity index is 2.04. The van der Waals surface area contributed by atoms with Crippen molar-refractivity contribution in [1.29, 1.82) is 0 Å². The van der Waals surface area contributed by atoms with E-state index in [0.717, 1.165) is 0 Å². The molecule has 2 rings (SSSR count). The molecule has 1 aromatic carbocycles. The molecule has 0 aliphatic heterocycles. The smallest absolute Gasteiger partial charge is 0.250 e. The first-order valence-electron chi connectivity index (χ1n) is 5.55. The molecule has 0 unspecified atom stereocenters. The topological polar surface area (TPSA) is 111 Å². The quantitative estimate of drug-likeness (QED) is 0.797. The van der Waals surface area contributed by atoms with E-state index in [4.69, 9.17) is 23.1 Å². The summed E-state index contributed by atoms with van der Waals surface area (Å²) in [5.41, 5.74) is 11.9. The normalized spacial score (nSPS) is 10.2. The third-order valence-corrected chi connectivity index (χ3v) is 3.46. The number of benzene rings is 1. The zero-order valence-corrected chi connectivity index (χ0v) is 11.8. The van der Waals surface area contributed by atoms with Crippen LogP contribution in [0.4, 0.5) is 10.8 Å². The summed E-state index contributed by atoms with van der Waals surface area (Å²) in [6, 6.07) is 4.48. The van der Waals surface area contributed by atoms with Crippen LogP contribution in [0.2, 0.25) is 5.02 Å². The first kappa shape index (κ1) is 14.3. The lowest BCUT2D eigenvalue weighted by Gasteiger charge is -2.06. The Morgan fingerprint density at radius 3 is 2.70 bits per heavy atom. The van der Waals surface area contributed by atoms with Gasteiger partial charge in [-0.25, -0.2) is 4.98 Å². The molecule has 1 aromatic heterocycles. The van der Waals surface area contributed by atoms with Crippen LogP contribution in [0, 0.1) is 0 Å². The Kier molecular flexibility index (Phi) is 4.21. The van der Waals surface area contributed by atoms with Crippen LogP contribution in [-0.4, -0.2) is 16.8 Å². The lowest BCUT2D eigenvalue weighted by Crippen LogP contribution is -2.15. The Hall–Kier alpha value is -2.12. The van der Waals surface area contributed by atoms with Gasteiger partial charge in [0.1, 0.15) is 0 Å². The molecule has 0 radical (unpaired) electrons. The molecule has 0 atom stereocenters. The maximum absolute atomic E-state index is 11.8. The Labute approximate surface area is 123 Å². The van der Waals surface area contributed by atoms with Crippen LogP contribution in [0.3, 0.4) is 0 Å². The average Bonchev–Trinajstić information content (AvgIpc) is 2.74. The SMILES string of the molecule is NC(=O)c1ccc(NC(=O)Cc2csc(N)n2)cc1Cl. The molecular weight excluding hydrogens is 300 g/mol. The highest BCUT2D eigenvalue weighted by Crippen LogP contribution is 2.21.